The summed E-state index contributed by atoms with van der Waals surface area (Å²) in [7, 11) is 3.76. The van der Waals surface area contributed by atoms with Crippen molar-refractivity contribution in [3.63, 3.8) is 0 Å². The molecule has 0 spiro atoms. The number of ether oxygens (including phenoxy) is 2. The molecular formula is C19H22F3N3O3. The fourth-order valence-corrected chi connectivity index (χ4v) is 2.31. The molecule has 1 N–H and O–H groups in total. The largest absolute Gasteiger partial charge is 0.493 e. The lowest BCUT2D eigenvalue weighted by Gasteiger charge is -2.17. The maximum Gasteiger partial charge on any atom is 0.433 e. The Morgan fingerprint density at radius 2 is 1.75 bits per heavy atom. The van der Waals surface area contributed by atoms with E-state index in [0.717, 1.165) is 6.07 Å². The standard InChI is InChI=1S/C19H22F3N3O3/c1-4-27-13-7-5-8-14(28-12-11-25(2)3)17(13)18(26)24-16-10-6-9-15(23-16)19(20,21)22/h5-10H,4,11-12H2,1-3H3,(H,23,24,26). The molecular weight excluding hydrogens is 375 g/mol. The molecule has 0 unspecified atom stereocenters. The van der Waals surface area contributed by atoms with E-state index >= 15 is 0 Å². The second-order valence-corrected chi connectivity index (χ2v) is 6.07. The lowest BCUT2D eigenvalue weighted by molar-refractivity contribution is -0.141. The molecule has 28 heavy (non-hydrogen) atoms. The van der Waals surface area contributed by atoms with Gasteiger partial charge < -0.3 is 19.7 Å². The molecule has 1 aromatic carbocycles. The van der Waals surface area contributed by atoms with Gasteiger partial charge in [-0.1, -0.05) is 12.1 Å². The Hall–Kier alpha value is -2.81. The molecule has 0 bridgehead atoms. The van der Waals surface area contributed by atoms with Crippen LogP contribution in [0.2, 0.25) is 0 Å². The van der Waals surface area contributed by atoms with Crippen LogP contribution in [0.1, 0.15) is 23.0 Å². The number of carbonyl (C=O) groups excluding carboxylic acids is 1. The van der Waals surface area contributed by atoms with Crippen LogP contribution in [0.4, 0.5) is 19.0 Å². The van der Waals surface area contributed by atoms with Gasteiger partial charge in [-0.15, -0.1) is 0 Å². The van der Waals surface area contributed by atoms with Gasteiger partial charge in [0.15, 0.2) is 0 Å². The summed E-state index contributed by atoms with van der Waals surface area (Å²) in [5.74, 6) is -0.340. The summed E-state index contributed by atoms with van der Waals surface area (Å²) in [6.45, 7) is 3.01. The number of rotatable bonds is 8. The zero-order valence-corrected chi connectivity index (χ0v) is 15.8. The number of carbonyl (C=O) groups is 1. The Morgan fingerprint density at radius 1 is 1.11 bits per heavy atom. The first-order valence-electron chi connectivity index (χ1n) is 8.61. The molecule has 0 fully saturated rings. The van der Waals surface area contributed by atoms with Crippen molar-refractivity contribution in [2.45, 2.75) is 13.1 Å². The van der Waals surface area contributed by atoms with Gasteiger partial charge in [0.2, 0.25) is 0 Å². The fraction of sp³-hybridized carbons (Fsp3) is 0.368. The van der Waals surface area contributed by atoms with Gasteiger partial charge in [0.1, 0.15) is 35.2 Å². The molecule has 0 aliphatic rings. The van der Waals surface area contributed by atoms with E-state index in [1.54, 1.807) is 25.1 Å². The van der Waals surface area contributed by atoms with E-state index in [9.17, 15) is 18.0 Å². The first-order chi connectivity index (χ1) is 13.2. The van der Waals surface area contributed by atoms with Gasteiger partial charge in [-0.2, -0.15) is 13.2 Å². The molecule has 0 saturated heterocycles. The number of amides is 1. The number of halogens is 3. The molecule has 2 rings (SSSR count). The number of hydrogen-bond acceptors (Lipinski definition) is 5. The smallest absolute Gasteiger partial charge is 0.433 e. The van der Waals surface area contributed by atoms with E-state index in [4.69, 9.17) is 9.47 Å². The van der Waals surface area contributed by atoms with Crippen molar-refractivity contribution in [1.29, 1.82) is 0 Å². The highest BCUT2D eigenvalue weighted by Gasteiger charge is 2.32. The maximum atomic E-state index is 12.8. The van der Waals surface area contributed by atoms with E-state index in [1.807, 2.05) is 19.0 Å². The Balaban J connectivity index is 2.30. The number of likely N-dealkylation sites (N-methyl/N-ethyl adjacent to an activating group) is 1. The first kappa shape index (κ1) is 21.5. The third-order valence-electron chi connectivity index (χ3n) is 3.59. The molecule has 2 aromatic rings. The first-order valence-corrected chi connectivity index (χ1v) is 8.61. The fourth-order valence-electron chi connectivity index (χ4n) is 2.31. The van der Waals surface area contributed by atoms with Crippen LogP contribution in [0, 0.1) is 0 Å². The third kappa shape index (κ3) is 5.85. The Morgan fingerprint density at radius 3 is 2.36 bits per heavy atom. The van der Waals surface area contributed by atoms with E-state index in [0.29, 0.717) is 19.8 Å². The number of alkyl halides is 3. The molecule has 1 heterocycles. The van der Waals surface area contributed by atoms with Crippen LogP contribution in [-0.4, -0.2) is 49.6 Å². The van der Waals surface area contributed by atoms with Crippen LogP contribution in [-0.2, 0) is 6.18 Å². The summed E-state index contributed by atoms with van der Waals surface area (Å²) in [6.07, 6.45) is -4.61. The van der Waals surface area contributed by atoms with Crippen molar-refractivity contribution >= 4 is 11.7 Å². The second-order valence-electron chi connectivity index (χ2n) is 6.07. The average Bonchev–Trinajstić information content (AvgIpc) is 2.61. The quantitative estimate of drug-likeness (QED) is 0.736. The molecule has 0 atom stereocenters. The number of nitrogens with zero attached hydrogens (tertiary/aromatic N) is 2. The molecule has 0 aliphatic carbocycles. The number of anilines is 1. The van der Waals surface area contributed by atoms with Crippen molar-refractivity contribution in [3.8, 4) is 11.5 Å². The monoisotopic (exact) mass is 397 g/mol. The van der Waals surface area contributed by atoms with Gasteiger partial charge >= 0.3 is 6.18 Å². The normalized spacial score (nSPS) is 11.4. The molecule has 152 valence electrons. The zero-order chi connectivity index (χ0) is 20.7. The summed E-state index contributed by atoms with van der Waals surface area (Å²) in [5.41, 5.74) is -0.992. The van der Waals surface area contributed by atoms with Crippen molar-refractivity contribution in [2.75, 3.05) is 39.2 Å². The van der Waals surface area contributed by atoms with E-state index < -0.39 is 17.8 Å². The number of pyridine rings is 1. The second kappa shape index (κ2) is 9.41. The van der Waals surface area contributed by atoms with Crippen molar-refractivity contribution in [2.24, 2.45) is 0 Å². The summed E-state index contributed by atoms with van der Waals surface area (Å²) >= 11 is 0. The molecule has 1 aromatic heterocycles. The molecule has 9 heteroatoms. The van der Waals surface area contributed by atoms with Crippen molar-refractivity contribution in [3.05, 3.63) is 47.7 Å². The minimum absolute atomic E-state index is 0.0994. The van der Waals surface area contributed by atoms with Crippen LogP contribution >= 0.6 is 0 Å². The molecule has 0 radical (unpaired) electrons. The van der Waals surface area contributed by atoms with Crippen LogP contribution in [0.25, 0.3) is 0 Å². The highest BCUT2D eigenvalue weighted by atomic mass is 19.4. The summed E-state index contributed by atoms with van der Waals surface area (Å²) in [5, 5.41) is 2.39. The summed E-state index contributed by atoms with van der Waals surface area (Å²) in [6, 6.07) is 8.16. The van der Waals surface area contributed by atoms with E-state index in [1.165, 1.54) is 12.1 Å². The van der Waals surface area contributed by atoms with Gasteiger partial charge in [0.25, 0.3) is 5.91 Å². The predicted octanol–water partition coefficient (Wildman–Crippen LogP) is 3.69. The number of benzene rings is 1. The minimum Gasteiger partial charge on any atom is -0.493 e. The van der Waals surface area contributed by atoms with Crippen LogP contribution < -0.4 is 14.8 Å². The summed E-state index contributed by atoms with van der Waals surface area (Å²) < 4.78 is 49.7. The van der Waals surface area contributed by atoms with Crippen molar-refractivity contribution in [1.82, 2.24) is 9.88 Å². The predicted molar refractivity (Wildman–Crippen MR) is 98.9 cm³/mol. The number of aromatic nitrogens is 1. The number of nitrogens with one attached hydrogen (secondary N) is 1. The molecule has 0 saturated carbocycles. The van der Waals surface area contributed by atoms with E-state index in [-0.39, 0.29) is 22.9 Å². The topological polar surface area (TPSA) is 63.7 Å². The lowest BCUT2D eigenvalue weighted by atomic mass is 10.1. The SMILES string of the molecule is CCOc1cccc(OCCN(C)C)c1C(=O)Nc1cccc(C(F)(F)F)n1. The molecule has 6 nitrogen and oxygen atoms in total. The van der Waals surface area contributed by atoms with Gasteiger partial charge in [-0.3, -0.25) is 4.79 Å². The highest BCUT2D eigenvalue weighted by Crippen LogP contribution is 2.31. The Kier molecular flexibility index (Phi) is 7.22. The lowest BCUT2D eigenvalue weighted by Crippen LogP contribution is -2.21. The van der Waals surface area contributed by atoms with E-state index in [2.05, 4.69) is 10.3 Å². The average molecular weight is 397 g/mol. The van der Waals surface area contributed by atoms with Gasteiger partial charge in [0, 0.05) is 6.54 Å². The van der Waals surface area contributed by atoms with Crippen LogP contribution in [0.15, 0.2) is 36.4 Å². The highest BCUT2D eigenvalue weighted by molar-refractivity contribution is 6.07. The summed E-state index contributed by atoms with van der Waals surface area (Å²) in [4.78, 5) is 18.2. The molecule has 0 aliphatic heterocycles. The van der Waals surface area contributed by atoms with Gasteiger partial charge in [-0.25, -0.2) is 4.98 Å². The molecule has 1 amide bonds. The number of hydrogen-bond donors (Lipinski definition) is 1. The maximum absolute atomic E-state index is 12.8. The van der Waals surface area contributed by atoms with Crippen LogP contribution in [0.5, 0.6) is 11.5 Å². The van der Waals surface area contributed by atoms with Gasteiger partial charge in [-0.05, 0) is 45.3 Å². The third-order valence-corrected chi connectivity index (χ3v) is 3.59. The minimum atomic E-state index is -4.61. The zero-order valence-electron chi connectivity index (χ0n) is 15.8. The van der Waals surface area contributed by atoms with Gasteiger partial charge in [0.05, 0.1) is 6.61 Å². The Labute approximate surface area is 161 Å². The van der Waals surface area contributed by atoms with Crippen molar-refractivity contribution < 1.29 is 27.4 Å². The van der Waals surface area contributed by atoms with Crippen LogP contribution in [0.3, 0.4) is 0 Å². The Bertz CT molecular complexity index is 810.